The fourth-order valence-corrected chi connectivity index (χ4v) is 5.11. The highest BCUT2D eigenvalue weighted by atomic mass is 32.2. The van der Waals surface area contributed by atoms with Gasteiger partial charge < -0.3 is 15.0 Å². The smallest absolute Gasteiger partial charge is 0.334 e. The van der Waals surface area contributed by atoms with E-state index in [0.717, 1.165) is 11.1 Å². The number of nitrogens with one attached hydrogen (secondary N) is 1. The van der Waals surface area contributed by atoms with Gasteiger partial charge in [0.05, 0.1) is 0 Å². The molecule has 30 heavy (non-hydrogen) atoms. The third kappa shape index (κ3) is 3.73. The number of rotatable bonds is 5. The first-order valence-electron chi connectivity index (χ1n) is 9.66. The standard InChI is InChI=1S/C23H22N2O4S/c1-14-13-30-22-18(24-15(2)26)21(27)25(22)19(14)23(28)29-20(16-9-5-3-6-10-16)17-11-7-4-8-12-17/h3-12,18-20,22H,1,13H2,2H3,(H,24,26)/t18-,19?,22-/m1/s1. The van der Waals surface area contributed by atoms with E-state index in [-0.39, 0.29) is 17.2 Å². The molecule has 0 saturated carbocycles. The Morgan fingerprint density at radius 2 is 1.67 bits per heavy atom. The van der Waals surface area contributed by atoms with Crippen LogP contribution in [0.2, 0.25) is 0 Å². The summed E-state index contributed by atoms with van der Waals surface area (Å²) in [5.41, 5.74) is 2.31. The largest absolute Gasteiger partial charge is 0.451 e. The summed E-state index contributed by atoms with van der Waals surface area (Å²) in [5, 5.41) is 2.37. The minimum atomic E-state index is -0.858. The molecule has 3 atom stereocenters. The second kappa shape index (κ2) is 8.36. The Morgan fingerprint density at radius 1 is 1.10 bits per heavy atom. The van der Waals surface area contributed by atoms with Gasteiger partial charge in [0, 0.05) is 12.7 Å². The van der Waals surface area contributed by atoms with E-state index < -0.39 is 24.2 Å². The summed E-state index contributed by atoms with van der Waals surface area (Å²) in [6.45, 7) is 5.38. The topological polar surface area (TPSA) is 75.7 Å². The van der Waals surface area contributed by atoms with E-state index in [1.807, 2.05) is 60.7 Å². The lowest BCUT2D eigenvalue weighted by atomic mass is 9.97. The quantitative estimate of drug-likeness (QED) is 0.456. The molecule has 0 bridgehead atoms. The SMILES string of the molecule is C=C1CS[C@@H]2[C@H](NC(C)=O)C(=O)N2C1C(=O)OC(c1ccccc1)c1ccccc1. The zero-order chi connectivity index (χ0) is 21.3. The molecular weight excluding hydrogens is 400 g/mol. The van der Waals surface area contributed by atoms with E-state index >= 15 is 0 Å². The van der Waals surface area contributed by atoms with E-state index in [2.05, 4.69) is 11.9 Å². The van der Waals surface area contributed by atoms with E-state index in [4.69, 9.17) is 4.74 Å². The number of esters is 1. The minimum Gasteiger partial charge on any atom is -0.451 e. The summed E-state index contributed by atoms with van der Waals surface area (Å²) >= 11 is 1.49. The van der Waals surface area contributed by atoms with E-state index in [0.29, 0.717) is 11.3 Å². The first-order valence-corrected chi connectivity index (χ1v) is 10.7. The Bertz CT molecular complexity index is 940. The Balaban J connectivity index is 1.58. The van der Waals surface area contributed by atoms with Crippen molar-refractivity contribution in [1.29, 1.82) is 0 Å². The van der Waals surface area contributed by atoms with Gasteiger partial charge in [0.2, 0.25) is 11.8 Å². The molecule has 7 heteroatoms. The second-order valence-corrected chi connectivity index (χ2v) is 8.43. The molecule has 2 amide bonds. The highest BCUT2D eigenvalue weighted by Gasteiger charge is 2.56. The maximum atomic E-state index is 13.3. The van der Waals surface area contributed by atoms with E-state index in [1.165, 1.54) is 23.6 Å². The average molecular weight is 423 g/mol. The molecule has 154 valence electrons. The van der Waals surface area contributed by atoms with Crippen molar-refractivity contribution in [3.63, 3.8) is 0 Å². The average Bonchev–Trinajstić information content (AvgIpc) is 2.76. The van der Waals surface area contributed by atoms with Crippen LogP contribution < -0.4 is 5.32 Å². The number of nitrogens with zero attached hydrogens (tertiary/aromatic N) is 1. The summed E-state index contributed by atoms with van der Waals surface area (Å²) in [5.74, 6) is -0.560. The van der Waals surface area contributed by atoms with Gasteiger partial charge in [-0.2, -0.15) is 0 Å². The molecule has 2 saturated heterocycles. The van der Waals surface area contributed by atoms with Crippen LogP contribution in [0.15, 0.2) is 72.8 Å². The zero-order valence-corrected chi connectivity index (χ0v) is 17.3. The number of amides is 2. The lowest BCUT2D eigenvalue weighted by Gasteiger charge is -2.52. The van der Waals surface area contributed by atoms with Gasteiger partial charge in [-0.15, -0.1) is 11.8 Å². The van der Waals surface area contributed by atoms with Crippen LogP contribution in [0, 0.1) is 0 Å². The van der Waals surface area contributed by atoms with Crippen LogP contribution in [0.25, 0.3) is 0 Å². The zero-order valence-electron chi connectivity index (χ0n) is 16.5. The van der Waals surface area contributed by atoms with Crippen LogP contribution >= 0.6 is 11.8 Å². The highest BCUT2D eigenvalue weighted by Crippen LogP contribution is 2.41. The second-order valence-electron chi connectivity index (χ2n) is 7.32. The van der Waals surface area contributed by atoms with Gasteiger partial charge in [-0.3, -0.25) is 9.59 Å². The van der Waals surface area contributed by atoms with Crippen LogP contribution in [0.4, 0.5) is 0 Å². The predicted octanol–water partition coefficient (Wildman–Crippen LogP) is 2.66. The number of hydrogen-bond acceptors (Lipinski definition) is 5. The molecule has 2 aliphatic rings. The molecule has 0 spiro atoms. The fourth-order valence-electron chi connectivity index (χ4n) is 3.80. The summed E-state index contributed by atoms with van der Waals surface area (Å²) in [4.78, 5) is 38.8. The van der Waals surface area contributed by atoms with Crippen molar-refractivity contribution in [3.8, 4) is 0 Å². The van der Waals surface area contributed by atoms with Crippen molar-refractivity contribution in [2.45, 2.75) is 30.5 Å². The molecule has 2 aliphatic heterocycles. The Hall–Kier alpha value is -3.06. The van der Waals surface area contributed by atoms with Crippen molar-refractivity contribution < 1.29 is 19.1 Å². The van der Waals surface area contributed by atoms with Crippen LogP contribution in [0.1, 0.15) is 24.2 Å². The van der Waals surface area contributed by atoms with Crippen molar-refractivity contribution in [2.75, 3.05) is 5.75 Å². The van der Waals surface area contributed by atoms with Gasteiger partial charge in [-0.25, -0.2) is 4.79 Å². The summed E-state index contributed by atoms with van der Waals surface area (Å²) in [7, 11) is 0. The summed E-state index contributed by atoms with van der Waals surface area (Å²) in [6, 6.07) is 17.5. The predicted molar refractivity (Wildman–Crippen MR) is 114 cm³/mol. The number of ether oxygens (including phenoxy) is 1. The van der Waals surface area contributed by atoms with Crippen LogP contribution in [-0.4, -0.2) is 45.9 Å². The van der Waals surface area contributed by atoms with E-state index in [1.54, 1.807) is 0 Å². The molecule has 4 rings (SSSR count). The van der Waals surface area contributed by atoms with E-state index in [9.17, 15) is 14.4 Å². The fraction of sp³-hybridized carbons (Fsp3) is 0.261. The number of thioether (sulfide) groups is 1. The number of carbonyl (C=O) groups is 3. The van der Waals surface area contributed by atoms with Crippen LogP contribution in [0.3, 0.4) is 0 Å². The maximum Gasteiger partial charge on any atom is 0.334 e. The third-order valence-corrected chi connectivity index (χ3v) is 6.58. The molecule has 2 heterocycles. The number of β-lactam (4-membered cyclic amide) rings is 1. The van der Waals surface area contributed by atoms with Gasteiger partial charge in [-0.1, -0.05) is 67.2 Å². The Labute approximate surface area is 179 Å². The molecule has 2 aromatic carbocycles. The lowest BCUT2D eigenvalue weighted by molar-refractivity contribution is -0.165. The van der Waals surface area contributed by atoms with Gasteiger partial charge in [0.1, 0.15) is 11.4 Å². The summed E-state index contributed by atoms with van der Waals surface area (Å²) < 4.78 is 5.96. The van der Waals surface area contributed by atoms with Gasteiger partial charge in [-0.05, 0) is 16.7 Å². The first-order chi connectivity index (χ1) is 14.5. The molecule has 0 aromatic heterocycles. The van der Waals surface area contributed by atoms with Crippen molar-refractivity contribution in [3.05, 3.63) is 83.9 Å². The first kappa shape index (κ1) is 20.2. The maximum absolute atomic E-state index is 13.3. The number of hydrogen-bond donors (Lipinski definition) is 1. The molecule has 0 radical (unpaired) electrons. The summed E-state index contributed by atoms with van der Waals surface area (Å²) in [6.07, 6.45) is -0.594. The number of benzene rings is 2. The van der Waals surface area contributed by atoms with Crippen LogP contribution in [0.5, 0.6) is 0 Å². The van der Waals surface area contributed by atoms with Crippen molar-refractivity contribution in [2.24, 2.45) is 0 Å². The Morgan fingerprint density at radius 3 is 2.20 bits per heavy atom. The number of fused-ring (bicyclic) bond motifs is 1. The normalized spacial score (nSPS) is 22.9. The van der Waals surface area contributed by atoms with Crippen molar-refractivity contribution >= 4 is 29.5 Å². The van der Waals surface area contributed by atoms with Gasteiger partial charge >= 0.3 is 5.97 Å². The molecule has 1 unspecified atom stereocenters. The van der Waals surface area contributed by atoms with Gasteiger partial charge in [0.25, 0.3) is 0 Å². The molecule has 2 fully saturated rings. The molecule has 2 aromatic rings. The minimum absolute atomic E-state index is 0.273. The molecular formula is C23H22N2O4S. The number of carbonyl (C=O) groups excluding carboxylic acids is 3. The lowest BCUT2D eigenvalue weighted by Crippen LogP contribution is -2.74. The molecule has 6 nitrogen and oxygen atoms in total. The molecule has 0 aliphatic carbocycles. The Kier molecular flexibility index (Phi) is 5.63. The van der Waals surface area contributed by atoms with Crippen molar-refractivity contribution in [1.82, 2.24) is 10.2 Å². The highest BCUT2D eigenvalue weighted by molar-refractivity contribution is 8.00. The van der Waals surface area contributed by atoms with Gasteiger partial charge in [0.15, 0.2) is 12.1 Å². The third-order valence-electron chi connectivity index (χ3n) is 5.20. The molecule has 1 N–H and O–H groups in total. The van der Waals surface area contributed by atoms with Crippen LogP contribution in [-0.2, 0) is 19.1 Å². The monoisotopic (exact) mass is 422 g/mol.